The van der Waals surface area contributed by atoms with Crippen LogP contribution in [0.25, 0.3) is 0 Å². The van der Waals surface area contributed by atoms with E-state index in [9.17, 15) is 8.42 Å². The third kappa shape index (κ3) is 5.51. The van der Waals surface area contributed by atoms with Crippen molar-refractivity contribution in [1.29, 1.82) is 0 Å². The van der Waals surface area contributed by atoms with Crippen LogP contribution in [-0.4, -0.2) is 52.6 Å². The number of hydrogen-bond acceptors (Lipinski definition) is 4. The third-order valence-electron chi connectivity index (χ3n) is 2.16. The number of piperazine rings is 1. The highest BCUT2D eigenvalue weighted by Gasteiger charge is 2.08. The van der Waals surface area contributed by atoms with Crippen LogP contribution in [0.4, 0.5) is 0 Å². The maximum atomic E-state index is 10.5. The average molecular weight is 222 g/mol. The van der Waals surface area contributed by atoms with E-state index in [4.69, 9.17) is 5.14 Å². The maximum Gasteiger partial charge on any atom is 0.274 e. The van der Waals surface area contributed by atoms with E-state index in [1.807, 2.05) is 0 Å². The smallest absolute Gasteiger partial charge is 0.274 e. The number of nitrogens with one attached hydrogen (secondary N) is 2. The Labute approximate surface area is 85.0 Å². The zero-order valence-electron chi connectivity index (χ0n) is 8.20. The molecule has 0 saturated carbocycles. The monoisotopic (exact) mass is 222 g/mol. The van der Waals surface area contributed by atoms with Gasteiger partial charge in [0, 0.05) is 32.7 Å². The fourth-order valence-electron chi connectivity index (χ4n) is 1.45. The highest BCUT2D eigenvalue weighted by atomic mass is 32.2. The van der Waals surface area contributed by atoms with Gasteiger partial charge in [0.25, 0.3) is 10.2 Å². The van der Waals surface area contributed by atoms with E-state index in [-0.39, 0.29) is 0 Å². The first-order chi connectivity index (χ1) is 6.58. The summed E-state index contributed by atoms with van der Waals surface area (Å²) in [5.74, 6) is 0. The standard InChI is InChI=1S/C7H18N4O2S/c8-14(12,13)10-2-1-5-11-6-3-9-4-7-11/h9-10H,1-7H2,(H2,8,12,13). The van der Waals surface area contributed by atoms with Crippen molar-refractivity contribution >= 4 is 10.2 Å². The van der Waals surface area contributed by atoms with Crippen LogP contribution >= 0.6 is 0 Å². The van der Waals surface area contributed by atoms with E-state index in [1.54, 1.807) is 0 Å². The predicted octanol–water partition coefficient (Wildman–Crippen LogP) is -1.93. The van der Waals surface area contributed by atoms with Gasteiger partial charge >= 0.3 is 0 Å². The molecule has 6 nitrogen and oxygen atoms in total. The van der Waals surface area contributed by atoms with E-state index in [1.165, 1.54) is 0 Å². The molecule has 1 aliphatic rings. The van der Waals surface area contributed by atoms with Gasteiger partial charge in [-0.05, 0) is 13.0 Å². The first-order valence-electron chi connectivity index (χ1n) is 4.78. The Morgan fingerprint density at radius 2 is 2.00 bits per heavy atom. The zero-order valence-corrected chi connectivity index (χ0v) is 9.02. The molecule has 1 heterocycles. The molecule has 0 spiro atoms. The van der Waals surface area contributed by atoms with Gasteiger partial charge in [-0.1, -0.05) is 0 Å². The van der Waals surface area contributed by atoms with Crippen molar-refractivity contribution in [2.24, 2.45) is 5.14 Å². The summed E-state index contributed by atoms with van der Waals surface area (Å²) in [5, 5.41) is 8.05. The van der Waals surface area contributed by atoms with Crippen LogP contribution in [0.2, 0.25) is 0 Å². The molecule has 0 radical (unpaired) electrons. The average Bonchev–Trinajstić information content (AvgIpc) is 2.13. The first-order valence-corrected chi connectivity index (χ1v) is 6.33. The number of rotatable bonds is 5. The van der Waals surface area contributed by atoms with Gasteiger partial charge < -0.3 is 10.2 Å². The molecule has 0 aliphatic carbocycles. The van der Waals surface area contributed by atoms with Crippen molar-refractivity contribution < 1.29 is 8.42 Å². The van der Waals surface area contributed by atoms with Gasteiger partial charge in [-0.15, -0.1) is 0 Å². The first kappa shape index (κ1) is 11.9. The summed E-state index contributed by atoms with van der Waals surface area (Å²) in [6.07, 6.45) is 0.802. The number of nitrogens with two attached hydrogens (primary N) is 1. The van der Waals surface area contributed by atoms with Crippen molar-refractivity contribution in [3.8, 4) is 0 Å². The van der Waals surface area contributed by atoms with Gasteiger partial charge in [0.15, 0.2) is 0 Å². The molecule has 0 aromatic carbocycles. The molecule has 0 bridgehead atoms. The summed E-state index contributed by atoms with van der Waals surface area (Å²) in [6.45, 7) is 5.45. The number of nitrogens with zero attached hydrogens (tertiary/aromatic N) is 1. The molecule has 0 atom stereocenters. The Balaban J connectivity index is 2.03. The van der Waals surface area contributed by atoms with E-state index < -0.39 is 10.2 Å². The molecule has 7 heteroatoms. The van der Waals surface area contributed by atoms with Crippen molar-refractivity contribution in [2.45, 2.75) is 6.42 Å². The lowest BCUT2D eigenvalue weighted by molar-refractivity contribution is 0.239. The lowest BCUT2D eigenvalue weighted by Crippen LogP contribution is -2.44. The molecule has 0 aromatic rings. The fraction of sp³-hybridized carbons (Fsp3) is 1.00. The Morgan fingerprint density at radius 1 is 1.36 bits per heavy atom. The third-order valence-corrected chi connectivity index (χ3v) is 2.77. The van der Waals surface area contributed by atoms with E-state index in [2.05, 4.69) is 14.9 Å². The molecule has 1 aliphatic heterocycles. The SMILES string of the molecule is NS(=O)(=O)NCCCN1CCNCC1. The molecule has 0 amide bonds. The minimum Gasteiger partial charge on any atom is -0.314 e. The van der Waals surface area contributed by atoms with Crippen molar-refractivity contribution in [1.82, 2.24) is 14.9 Å². The zero-order chi connectivity index (χ0) is 10.4. The van der Waals surface area contributed by atoms with Gasteiger partial charge in [-0.3, -0.25) is 0 Å². The van der Waals surface area contributed by atoms with Crippen LogP contribution < -0.4 is 15.2 Å². The molecule has 1 rings (SSSR count). The fourth-order valence-corrected chi connectivity index (χ4v) is 1.88. The highest BCUT2D eigenvalue weighted by Crippen LogP contribution is 1.93. The second-order valence-corrected chi connectivity index (χ2v) is 4.76. The lowest BCUT2D eigenvalue weighted by Gasteiger charge is -2.26. The lowest BCUT2D eigenvalue weighted by atomic mass is 10.3. The second-order valence-electron chi connectivity index (χ2n) is 3.38. The quantitative estimate of drug-likeness (QED) is 0.473. The van der Waals surface area contributed by atoms with Crippen LogP contribution in [0, 0.1) is 0 Å². The minimum absolute atomic E-state index is 0.419. The van der Waals surface area contributed by atoms with Gasteiger partial charge in [0.05, 0.1) is 0 Å². The molecule has 1 fully saturated rings. The van der Waals surface area contributed by atoms with E-state index in [0.717, 1.165) is 39.1 Å². The summed E-state index contributed by atoms with van der Waals surface area (Å²) in [6, 6.07) is 0. The molecule has 0 aromatic heterocycles. The van der Waals surface area contributed by atoms with Crippen molar-refractivity contribution in [3.05, 3.63) is 0 Å². The Morgan fingerprint density at radius 3 is 2.57 bits per heavy atom. The molecule has 14 heavy (non-hydrogen) atoms. The van der Waals surface area contributed by atoms with Gasteiger partial charge in [-0.2, -0.15) is 8.42 Å². The normalized spacial score (nSPS) is 19.8. The largest absolute Gasteiger partial charge is 0.314 e. The Kier molecular flexibility index (Phi) is 4.76. The Bertz CT molecular complexity index is 248. The molecule has 0 unspecified atom stereocenters. The summed E-state index contributed by atoms with van der Waals surface area (Å²) >= 11 is 0. The molecule has 4 N–H and O–H groups in total. The number of hydrogen-bond donors (Lipinski definition) is 3. The second kappa shape index (κ2) is 5.62. The van der Waals surface area contributed by atoms with Crippen LogP contribution in [-0.2, 0) is 10.2 Å². The van der Waals surface area contributed by atoms with E-state index >= 15 is 0 Å². The Hall–Kier alpha value is -0.210. The molecule has 1 saturated heterocycles. The predicted molar refractivity (Wildman–Crippen MR) is 55.0 cm³/mol. The topological polar surface area (TPSA) is 87.5 Å². The molecule has 84 valence electrons. The van der Waals surface area contributed by atoms with Crippen molar-refractivity contribution in [2.75, 3.05) is 39.3 Å². The van der Waals surface area contributed by atoms with Crippen LogP contribution in [0.1, 0.15) is 6.42 Å². The molecular formula is C7H18N4O2S. The maximum absolute atomic E-state index is 10.5. The summed E-state index contributed by atoms with van der Waals surface area (Å²) in [5.41, 5.74) is 0. The van der Waals surface area contributed by atoms with Gasteiger partial charge in [0.2, 0.25) is 0 Å². The van der Waals surface area contributed by atoms with Gasteiger partial charge in [0.1, 0.15) is 0 Å². The summed E-state index contributed by atoms with van der Waals surface area (Å²) < 4.78 is 23.3. The minimum atomic E-state index is -3.51. The van der Waals surface area contributed by atoms with Crippen LogP contribution in [0.15, 0.2) is 0 Å². The highest BCUT2D eigenvalue weighted by molar-refractivity contribution is 7.87. The summed E-state index contributed by atoms with van der Waals surface area (Å²) in [7, 11) is -3.51. The van der Waals surface area contributed by atoms with Crippen LogP contribution in [0.5, 0.6) is 0 Å². The summed E-state index contributed by atoms with van der Waals surface area (Å²) in [4.78, 5) is 2.31. The molecular weight excluding hydrogens is 204 g/mol. The van der Waals surface area contributed by atoms with E-state index in [0.29, 0.717) is 6.54 Å². The van der Waals surface area contributed by atoms with Crippen LogP contribution in [0.3, 0.4) is 0 Å². The van der Waals surface area contributed by atoms with Crippen molar-refractivity contribution in [3.63, 3.8) is 0 Å². The van der Waals surface area contributed by atoms with Gasteiger partial charge in [-0.25, -0.2) is 9.86 Å².